The van der Waals surface area contributed by atoms with E-state index in [1.165, 1.54) is 55.6 Å². The Balaban J connectivity index is 1.94. The van der Waals surface area contributed by atoms with Crippen LogP contribution >= 0.6 is 0 Å². The summed E-state index contributed by atoms with van der Waals surface area (Å²) in [4.78, 5) is 45.4. The highest BCUT2D eigenvalue weighted by atomic mass is 16.6. The van der Waals surface area contributed by atoms with Crippen molar-refractivity contribution in [2.45, 2.75) is 0 Å². The van der Waals surface area contributed by atoms with Crippen LogP contribution in [-0.4, -0.2) is 36.4 Å². The van der Waals surface area contributed by atoms with Crippen molar-refractivity contribution in [1.29, 1.82) is 0 Å². The second kappa shape index (κ2) is 8.38. The van der Waals surface area contributed by atoms with Crippen molar-refractivity contribution in [2.75, 3.05) is 19.0 Å². The molecule has 0 aromatic heterocycles. The molecule has 9 nitrogen and oxygen atoms in total. The van der Waals surface area contributed by atoms with Crippen LogP contribution in [0.4, 0.5) is 11.4 Å². The van der Waals surface area contributed by atoms with Crippen LogP contribution in [-0.2, 0) is 9.53 Å². The number of nitrogens with zero attached hydrogens (tertiary/aromatic N) is 1. The number of nitrogens with one attached hydrogen (secondary N) is 2. The predicted octanol–water partition coefficient (Wildman–Crippen LogP) is 1.75. The molecule has 26 heavy (non-hydrogen) atoms. The van der Waals surface area contributed by atoms with Gasteiger partial charge >= 0.3 is 5.97 Å². The zero-order valence-electron chi connectivity index (χ0n) is 13.7. The van der Waals surface area contributed by atoms with Crippen molar-refractivity contribution in [1.82, 2.24) is 5.32 Å². The molecular weight excluding hydrogens is 342 g/mol. The summed E-state index contributed by atoms with van der Waals surface area (Å²) < 4.78 is 4.81. The zero-order valence-corrected chi connectivity index (χ0v) is 13.7. The first-order valence-corrected chi connectivity index (χ1v) is 7.45. The number of ether oxygens (including phenoxy) is 1. The molecule has 0 fully saturated rings. The summed E-state index contributed by atoms with van der Waals surface area (Å²) in [6.45, 7) is -0.609. The molecule has 2 rings (SSSR count). The van der Waals surface area contributed by atoms with Crippen molar-refractivity contribution < 1.29 is 24.0 Å². The number of anilines is 1. The Bertz CT molecular complexity index is 848. The highest BCUT2D eigenvalue weighted by molar-refractivity contribution is 5.98. The molecule has 0 aliphatic rings. The summed E-state index contributed by atoms with van der Waals surface area (Å²) in [7, 11) is 1.50. The lowest BCUT2D eigenvalue weighted by Gasteiger charge is -2.07. The van der Waals surface area contributed by atoms with Crippen molar-refractivity contribution in [3.63, 3.8) is 0 Å². The summed E-state index contributed by atoms with van der Waals surface area (Å²) in [6, 6.07) is 11.4. The lowest BCUT2D eigenvalue weighted by Crippen LogP contribution is -2.21. The molecule has 134 valence electrons. The van der Waals surface area contributed by atoms with Gasteiger partial charge in [-0.05, 0) is 30.3 Å². The van der Waals surface area contributed by atoms with Gasteiger partial charge in [0.05, 0.1) is 4.92 Å². The van der Waals surface area contributed by atoms with Gasteiger partial charge in [-0.1, -0.05) is 12.1 Å². The quantitative estimate of drug-likeness (QED) is 0.460. The number of benzene rings is 2. The summed E-state index contributed by atoms with van der Waals surface area (Å²) >= 11 is 0. The molecule has 0 saturated carbocycles. The molecule has 0 bridgehead atoms. The van der Waals surface area contributed by atoms with E-state index >= 15 is 0 Å². The van der Waals surface area contributed by atoms with E-state index in [0.717, 1.165) is 0 Å². The third-order valence-electron chi connectivity index (χ3n) is 3.31. The monoisotopic (exact) mass is 357 g/mol. The number of hydrogen-bond acceptors (Lipinski definition) is 6. The maximum absolute atomic E-state index is 11.9. The van der Waals surface area contributed by atoms with Gasteiger partial charge in [-0.3, -0.25) is 19.7 Å². The third kappa shape index (κ3) is 4.63. The van der Waals surface area contributed by atoms with E-state index in [9.17, 15) is 24.5 Å². The molecule has 9 heteroatoms. The van der Waals surface area contributed by atoms with E-state index in [-0.39, 0.29) is 11.5 Å². The normalized spacial score (nSPS) is 9.88. The average Bonchev–Trinajstić information content (AvgIpc) is 2.66. The van der Waals surface area contributed by atoms with Gasteiger partial charge in [0.2, 0.25) is 0 Å². The minimum absolute atomic E-state index is 0.236. The third-order valence-corrected chi connectivity index (χ3v) is 3.31. The lowest BCUT2D eigenvalue weighted by molar-refractivity contribution is -0.385. The number of carbonyl (C=O) groups is 3. The summed E-state index contributed by atoms with van der Waals surface area (Å²) in [5.74, 6) is -1.85. The standard InChI is InChI=1S/C17H15N3O6/c1-18-16(22)11-6-8-12(9-7-11)19-15(21)10-26-17(23)13-4-2-3-5-14(13)20(24)25/h2-9H,10H2,1H3,(H,18,22)(H,19,21). The number of carbonyl (C=O) groups excluding carboxylic acids is 3. The van der Waals surface area contributed by atoms with Crippen LogP contribution in [0.15, 0.2) is 48.5 Å². The Labute approximate surface area is 148 Å². The van der Waals surface area contributed by atoms with E-state index in [2.05, 4.69) is 10.6 Å². The zero-order chi connectivity index (χ0) is 19.1. The fraction of sp³-hybridized carbons (Fsp3) is 0.118. The van der Waals surface area contributed by atoms with Crippen LogP contribution in [0.5, 0.6) is 0 Å². The van der Waals surface area contributed by atoms with Gasteiger partial charge in [0.1, 0.15) is 5.56 Å². The minimum atomic E-state index is -0.970. The minimum Gasteiger partial charge on any atom is -0.452 e. The fourth-order valence-corrected chi connectivity index (χ4v) is 2.06. The van der Waals surface area contributed by atoms with E-state index in [4.69, 9.17) is 4.74 Å². The molecular formula is C17H15N3O6. The van der Waals surface area contributed by atoms with Gasteiger partial charge in [0.15, 0.2) is 6.61 Å². The van der Waals surface area contributed by atoms with Crippen LogP contribution in [0.25, 0.3) is 0 Å². The number of nitro groups is 1. The number of nitro benzene ring substituents is 1. The Morgan fingerprint density at radius 2 is 1.73 bits per heavy atom. The van der Waals surface area contributed by atoms with E-state index in [1.54, 1.807) is 0 Å². The number of rotatable bonds is 6. The number of para-hydroxylation sites is 1. The molecule has 0 saturated heterocycles. The van der Waals surface area contributed by atoms with E-state index in [0.29, 0.717) is 11.3 Å². The topological polar surface area (TPSA) is 128 Å². The van der Waals surface area contributed by atoms with Crippen molar-refractivity contribution in [3.05, 3.63) is 69.8 Å². The van der Waals surface area contributed by atoms with Gasteiger partial charge in [-0.2, -0.15) is 0 Å². The molecule has 0 atom stereocenters. The first kappa shape index (κ1) is 18.6. The van der Waals surface area contributed by atoms with Crippen LogP contribution in [0, 0.1) is 10.1 Å². The predicted molar refractivity (Wildman–Crippen MR) is 91.8 cm³/mol. The Morgan fingerprint density at radius 1 is 1.08 bits per heavy atom. The molecule has 0 unspecified atom stereocenters. The lowest BCUT2D eigenvalue weighted by atomic mass is 10.2. The highest BCUT2D eigenvalue weighted by Crippen LogP contribution is 2.18. The molecule has 0 aliphatic carbocycles. The number of esters is 1. The molecule has 2 amide bonds. The Hall–Kier alpha value is -3.75. The van der Waals surface area contributed by atoms with Gasteiger partial charge in [-0.25, -0.2) is 4.79 Å². The SMILES string of the molecule is CNC(=O)c1ccc(NC(=O)COC(=O)c2ccccc2[N+](=O)[O-])cc1. The molecule has 0 heterocycles. The van der Waals surface area contributed by atoms with Crippen molar-refractivity contribution in [3.8, 4) is 0 Å². The summed E-state index contributed by atoms with van der Waals surface area (Å²) in [5.41, 5.74) is 0.195. The Kier molecular flexibility index (Phi) is 5.99. The van der Waals surface area contributed by atoms with E-state index < -0.39 is 29.1 Å². The first-order valence-electron chi connectivity index (χ1n) is 7.45. The molecule has 0 radical (unpaired) electrons. The van der Waals surface area contributed by atoms with Crippen LogP contribution in [0.3, 0.4) is 0 Å². The molecule has 0 aliphatic heterocycles. The van der Waals surface area contributed by atoms with Gasteiger partial charge in [0.25, 0.3) is 17.5 Å². The first-order chi connectivity index (χ1) is 12.4. The second-order valence-electron chi connectivity index (χ2n) is 5.06. The molecule has 2 aromatic rings. The largest absolute Gasteiger partial charge is 0.452 e. The van der Waals surface area contributed by atoms with Gasteiger partial charge in [-0.15, -0.1) is 0 Å². The maximum atomic E-state index is 11.9. The molecule has 0 spiro atoms. The highest BCUT2D eigenvalue weighted by Gasteiger charge is 2.21. The summed E-state index contributed by atoms with van der Waals surface area (Å²) in [5, 5.41) is 15.9. The summed E-state index contributed by atoms with van der Waals surface area (Å²) in [6.07, 6.45) is 0. The Morgan fingerprint density at radius 3 is 2.35 bits per heavy atom. The number of amides is 2. The van der Waals surface area contributed by atoms with Crippen LogP contribution in [0.2, 0.25) is 0 Å². The average molecular weight is 357 g/mol. The van der Waals surface area contributed by atoms with Gasteiger partial charge in [0, 0.05) is 24.4 Å². The van der Waals surface area contributed by atoms with Crippen molar-refractivity contribution >= 4 is 29.2 Å². The molecule has 2 N–H and O–H groups in total. The second-order valence-corrected chi connectivity index (χ2v) is 5.06. The van der Waals surface area contributed by atoms with E-state index in [1.807, 2.05) is 0 Å². The molecule has 2 aromatic carbocycles. The maximum Gasteiger partial charge on any atom is 0.345 e. The number of hydrogen-bond donors (Lipinski definition) is 2. The smallest absolute Gasteiger partial charge is 0.345 e. The van der Waals surface area contributed by atoms with Crippen LogP contribution < -0.4 is 10.6 Å². The van der Waals surface area contributed by atoms with Crippen LogP contribution in [0.1, 0.15) is 20.7 Å². The fourth-order valence-electron chi connectivity index (χ4n) is 2.06. The van der Waals surface area contributed by atoms with Gasteiger partial charge < -0.3 is 15.4 Å². The van der Waals surface area contributed by atoms with Crippen molar-refractivity contribution in [2.24, 2.45) is 0 Å².